The third-order valence-electron chi connectivity index (χ3n) is 0.931. The van der Waals surface area contributed by atoms with Gasteiger partial charge in [0.15, 0.2) is 16.7 Å². The molecular formula is C2H6N6O5. The molecule has 0 rings (SSSR count). The van der Waals surface area contributed by atoms with E-state index in [9.17, 15) is 25.1 Å². The van der Waals surface area contributed by atoms with Crippen molar-refractivity contribution < 1.29 is 10.1 Å². The number of nitro groups is 2. The van der Waals surface area contributed by atoms with Crippen molar-refractivity contribution in [2.75, 3.05) is 13.3 Å². The van der Waals surface area contributed by atoms with Crippen LogP contribution in [-0.2, 0) is 0 Å². The fourth-order valence-electron chi connectivity index (χ4n) is 0.421. The van der Waals surface area contributed by atoms with Crippen LogP contribution in [-0.4, -0.2) is 28.4 Å². The van der Waals surface area contributed by atoms with Gasteiger partial charge in [-0.3, -0.25) is 0 Å². The Morgan fingerprint density at radius 1 is 1.31 bits per heavy atom. The van der Waals surface area contributed by atoms with E-state index in [-0.39, 0.29) is 0 Å². The van der Waals surface area contributed by atoms with E-state index in [1.54, 1.807) is 10.9 Å². The summed E-state index contributed by atoms with van der Waals surface area (Å²) in [7, 11) is 0. The van der Waals surface area contributed by atoms with Crippen molar-refractivity contribution in [1.29, 1.82) is 0 Å². The van der Waals surface area contributed by atoms with E-state index in [2.05, 4.69) is 5.29 Å². The molecule has 0 aliphatic carbocycles. The van der Waals surface area contributed by atoms with Crippen LogP contribution in [0, 0.1) is 25.1 Å². The highest BCUT2D eigenvalue weighted by Crippen LogP contribution is 1.82. The van der Waals surface area contributed by atoms with Crippen LogP contribution in [0.15, 0.2) is 5.29 Å². The molecule has 0 aromatic carbocycles. The second kappa shape index (κ2) is 5.45. The fourth-order valence-corrected chi connectivity index (χ4v) is 0.421. The first-order valence-electron chi connectivity index (χ1n) is 2.90. The molecule has 0 saturated heterocycles. The Kier molecular flexibility index (Phi) is 4.53. The summed E-state index contributed by atoms with van der Waals surface area (Å²) < 4.78 is 0. The van der Waals surface area contributed by atoms with Crippen molar-refractivity contribution in [3.63, 3.8) is 0 Å². The Morgan fingerprint density at radius 3 is 2.31 bits per heavy atom. The first kappa shape index (κ1) is 10.8. The van der Waals surface area contributed by atoms with Gasteiger partial charge in [0.2, 0.25) is 6.67 Å². The summed E-state index contributed by atoms with van der Waals surface area (Å²) in [5.41, 5.74) is 3.30. The van der Waals surface area contributed by atoms with Crippen molar-refractivity contribution in [1.82, 2.24) is 15.9 Å². The SMILES string of the molecule is O=NNCN(CN[N+](=O)[O-])[N+](=O)[O-]. The third-order valence-corrected chi connectivity index (χ3v) is 0.931. The summed E-state index contributed by atoms with van der Waals surface area (Å²) in [5, 5.41) is 20.5. The Morgan fingerprint density at radius 2 is 1.92 bits per heavy atom. The lowest BCUT2D eigenvalue weighted by Crippen LogP contribution is -2.44. The van der Waals surface area contributed by atoms with Gasteiger partial charge in [-0.1, -0.05) is 5.01 Å². The lowest BCUT2D eigenvalue weighted by atomic mass is 10.9. The molecule has 0 unspecified atom stereocenters. The summed E-state index contributed by atoms with van der Waals surface area (Å²) in [6.07, 6.45) is 0. The van der Waals surface area contributed by atoms with Crippen molar-refractivity contribution >= 4 is 0 Å². The van der Waals surface area contributed by atoms with Gasteiger partial charge >= 0.3 is 0 Å². The van der Waals surface area contributed by atoms with Gasteiger partial charge in [-0.05, 0) is 0 Å². The second-order valence-corrected chi connectivity index (χ2v) is 1.73. The molecular weight excluding hydrogens is 188 g/mol. The predicted molar refractivity (Wildman–Crippen MR) is 37.6 cm³/mol. The minimum atomic E-state index is -0.940. The van der Waals surface area contributed by atoms with Crippen LogP contribution in [0.1, 0.15) is 0 Å². The van der Waals surface area contributed by atoms with Gasteiger partial charge in [-0.25, -0.2) is 25.7 Å². The summed E-state index contributed by atoms with van der Waals surface area (Å²) >= 11 is 0. The van der Waals surface area contributed by atoms with Gasteiger partial charge in [0, 0.05) is 0 Å². The molecule has 11 nitrogen and oxygen atoms in total. The Bertz CT molecular complexity index is 205. The van der Waals surface area contributed by atoms with Crippen LogP contribution in [0.25, 0.3) is 0 Å². The maximum Gasteiger partial charge on any atom is 0.207 e. The molecule has 0 atom stereocenters. The number of nitrogens with one attached hydrogen (secondary N) is 2. The van der Waals surface area contributed by atoms with Crippen molar-refractivity contribution in [3.05, 3.63) is 25.1 Å². The van der Waals surface area contributed by atoms with E-state index >= 15 is 0 Å². The van der Waals surface area contributed by atoms with E-state index in [1.165, 1.54) is 0 Å². The fraction of sp³-hybridized carbons (Fsp3) is 1.00. The maximum atomic E-state index is 10.1. The standard InChI is InChI=1S/C2H6N6O5/c9-5-3-1-6(8(12)13)2-4-7(10)11/h4H,1-2H2,(H,3,9). The molecule has 74 valence electrons. The molecule has 11 heteroatoms. The lowest BCUT2D eigenvalue weighted by Gasteiger charge is -2.09. The molecule has 2 N–H and O–H groups in total. The molecule has 0 aromatic heterocycles. The molecule has 0 spiro atoms. The number of nitroso groups, excluding NO2 is 1. The monoisotopic (exact) mass is 194 g/mol. The van der Waals surface area contributed by atoms with Crippen molar-refractivity contribution in [3.8, 4) is 0 Å². The first-order chi connectivity index (χ1) is 6.07. The summed E-state index contributed by atoms with van der Waals surface area (Å²) in [4.78, 5) is 29.3. The quantitative estimate of drug-likeness (QED) is 0.214. The first-order valence-corrected chi connectivity index (χ1v) is 2.90. The van der Waals surface area contributed by atoms with Crippen LogP contribution < -0.4 is 10.9 Å². The average molecular weight is 194 g/mol. The third kappa shape index (κ3) is 5.11. The van der Waals surface area contributed by atoms with Crippen LogP contribution in [0.3, 0.4) is 0 Å². The van der Waals surface area contributed by atoms with E-state index < -0.39 is 23.4 Å². The van der Waals surface area contributed by atoms with Gasteiger partial charge in [0.25, 0.3) is 0 Å². The molecule has 0 heterocycles. The Labute approximate surface area is 70.9 Å². The molecule has 0 aromatic rings. The number of hydrogen-bond acceptors (Lipinski definition) is 6. The topological polar surface area (TPSA) is 143 Å². The lowest BCUT2D eigenvalue weighted by molar-refractivity contribution is -0.672. The largest absolute Gasteiger partial charge is 0.248 e. The van der Waals surface area contributed by atoms with Crippen LogP contribution in [0.2, 0.25) is 0 Å². The van der Waals surface area contributed by atoms with Gasteiger partial charge in [-0.2, -0.15) is 0 Å². The molecule has 0 aliphatic rings. The normalized spacial score (nSPS) is 8.62. The highest BCUT2D eigenvalue weighted by molar-refractivity contribution is 4.34. The van der Waals surface area contributed by atoms with Crippen molar-refractivity contribution in [2.24, 2.45) is 5.29 Å². The van der Waals surface area contributed by atoms with E-state index in [4.69, 9.17) is 0 Å². The summed E-state index contributed by atoms with van der Waals surface area (Å²) in [5.74, 6) is 0. The Balaban J connectivity index is 3.87. The van der Waals surface area contributed by atoms with Gasteiger partial charge in [0.05, 0.1) is 5.29 Å². The van der Waals surface area contributed by atoms with E-state index in [1.807, 2.05) is 0 Å². The average Bonchev–Trinajstić information content (AvgIpc) is 2.03. The molecule has 0 amide bonds. The maximum absolute atomic E-state index is 10.1. The second-order valence-electron chi connectivity index (χ2n) is 1.73. The zero-order valence-electron chi connectivity index (χ0n) is 6.24. The molecule has 0 saturated carbocycles. The van der Waals surface area contributed by atoms with Gasteiger partial charge in [0.1, 0.15) is 0 Å². The van der Waals surface area contributed by atoms with Crippen LogP contribution in [0.4, 0.5) is 0 Å². The van der Waals surface area contributed by atoms with Crippen molar-refractivity contribution in [2.45, 2.75) is 0 Å². The number of nitrogens with zero attached hydrogens (tertiary/aromatic N) is 4. The molecule has 0 bridgehead atoms. The minimum absolute atomic E-state index is 0.365. The molecule has 0 aliphatic heterocycles. The minimum Gasteiger partial charge on any atom is -0.248 e. The Hall–Kier alpha value is -2.20. The smallest absolute Gasteiger partial charge is 0.207 e. The van der Waals surface area contributed by atoms with Gasteiger partial charge < -0.3 is 0 Å². The van der Waals surface area contributed by atoms with Crippen LogP contribution in [0.5, 0.6) is 0 Å². The number of rotatable bonds is 7. The molecule has 0 fully saturated rings. The predicted octanol–water partition coefficient (Wildman–Crippen LogP) is -1.55. The number of hydrogen-bond donors (Lipinski definition) is 2. The van der Waals surface area contributed by atoms with Gasteiger partial charge in [-0.15, -0.1) is 10.3 Å². The van der Waals surface area contributed by atoms with Crippen LogP contribution >= 0.6 is 0 Å². The number of hydrazine groups is 2. The highest BCUT2D eigenvalue weighted by Gasteiger charge is 2.15. The molecule has 13 heavy (non-hydrogen) atoms. The van der Waals surface area contributed by atoms with E-state index in [0.29, 0.717) is 5.01 Å². The van der Waals surface area contributed by atoms with E-state index in [0.717, 1.165) is 0 Å². The summed E-state index contributed by atoms with van der Waals surface area (Å²) in [6.45, 7) is -1.15. The highest BCUT2D eigenvalue weighted by atomic mass is 16.7. The zero-order valence-corrected chi connectivity index (χ0v) is 6.24. The zero-order chi connectivity index (χ0) is 10.3. The molecule has 0 radical (unpaired) electrons. The summed E-state index contributed by atoms with van der Waals surface area (Å²) in [6, 6.07) is 0.